The van der Waals surface area contributed by atoms with Gasteiger partial charge in [-0.15, -0.1) is 0 Å². The Kier molecular flexibility index (Phi) is 16.5. The number of ether oxygens (including phenoxy) is 9. The second kappa shape index (κ2) is 20.1. The SMILES string of the molecule is CC(=O)N[C@H]1[C@H](O[C@H]2[C@@H](O)[C@@H](CO)O[C@@H](O[C@H]3[C@H](O)[C@@H](O)C(O)O[C@@H]3CO)[C@@H]2O)O[C@H](CO)[C@@H](O[C@@H]2O[C@H](CO)[C@H](O)[C@H](O)[C@H]2O)[C@@H]1O[C@@H]1O[C@@H](C)[C@@H](O)[C@@H](O)[C@@H]1O. The first kappa shape index (κ1) is 47.6. The zero-order valence-electron chi connectivity index (χ0n) is 31.1. The van der Waals surface area contributed by atoms with E-state index in [0.29, 0.717) is 0 Å². The van der Waals surface area contributed by atoms with E-state index in [-0.39, 0.29) is 0 Å². The minimum absolute atomic E-state index is 0.830. The number of nitrogens with one attached hydrogen (secondary N) is 1. The first-order valence-corrected chi connectivity index (χ1v) is 18.5. The fourth-order valence-corrected chi connectivity index (χ4v) is 7.37. The van der Waals surface area contributed by atoms with Crippen LogP contribution in [0.5, 0.6) is 0 Å². The summed E-state index contributed by atoms with van der Waals surface area (Å²) in [5.41, 5.74) is 0. The van der Waals surface area contributed by atoms with Gasteiger partial charge in [0.2, 0.25) is 5.91 Å². The Balaban J connectivity index is 1.50. The maximum atomic E-state index is 12.8. The first-order chi connectivity index (χ1) is 27.4. The second-order valence-electron chi connectivity index (χ2n) is 14.7. The van der Waals surface area contributed by atoms with Crippen LogP contribution in [0.15, 0.2) is 0 Å². The summed E-state index contributed by atoms with van der Waals surface area (Å²) < 4.78 is 51.4. The number of hydrogen-bond donors (Lipinski definition) is 16. The maximum absolute atomic E-state index is 12.8. The summed E-state index contributed by atoms with van der Waals surface area (Å²) in [6, 6.07) is -1.73. The number of aliphatic hydroxyl groups excluding tert-OH is 15. The van der Waals surface area contributed by atoms with E-state index in [9.17, 15) is 81.4 Å². The largest absolute Gasteiger partial charge is 0.394 e. The Labute approximate surface area is 329 Å². The highest BCUT2D eigenvalue weighted by Gasteiger charge is 2.57. The zero-order valence-corrected chi connectivity index (χ0v) is 31.1. The average Bonchev–Trinajstić information content (AvgIpc) is 3.19. The molecule has 26 nitrogen and oxygen atoms in total. The van der Waals surface area contributed by atoms with Crippen molar-refractivity contribution >= 4 is 5.91 Å². The van der Waals surface area contributed by atoms with Crippen LogP contribution in [0, 0.1) is 0 Å². The van der Waals surface area contributed by atoms with Gasteiger partial charge in [0.05, 0.1) is 32.5 Å². The number of aliphatic hydroxyl groups is 15. The minimum atomic E-state index is -2.12. The van der Waals surface area contributed by atoms with Crippen molar-refractivity contribution in [2.75, 3.05) is 26.4 Å². The molecule has 0 aliphatic carbocycles. The van der Waals surface area contributed by atoms with Crippen molar-refractivity contribution < 1.29 is 124 Å². The van der Waals surface area contributed by atoms with Crippen molar-refractivity contribution in [3.8, 4) is 0 Å². The Hall–Kier alpha value is -1.49. The molecular formula is C32H55NO25. The highest BCUT2D eigenvalue weighted by atomic mass is 16.8. The molecule has 58 heavy (non-hydrogen) atoms. The van der Waals surface area contributed by atoms with Crippen LogP contribution in [0.1, 0.15) is 13.8 Å². The van der Waals surface area contributed by atoms with Crippen LogP contribution < -0.4 is 5.32 Å². The van der Waals surface area contributed by atoms with Crippen LogP contribution in [0.2, 0.25) is 0 Å². The van der Waals surface area contributed by atoms with Gasteiger partial charge in [0, 0.05) is 6.92 Å². The quantitative estimate of drug-likeness (QED) is 0.0818. The van der Waals surface area contributed by atoms with Crippen LogP contribution >= 0.6 is 0 Å². The topological polar surface area (TPSA) is 416 Å². The van der Waals surface area contributed by atoms with Crippen molar-refractivity contribution in [1.82, 2.24) is 5.32 Å². The minimum Gasteiger partial charge on any atom is -0.394 e. The highest BCUT2D eigenvalue weighted by Crippen LogP contribution is 2.36. The van der Waals surface area contributed by atoms with Gasteiger partial charge in [-0.25, -0.2) is 0 Å². The molecule has 0 bridgehead atoms. The summed E-state index contributed by atoms with van der Waals surface area (Å²) in [6.45, 7) is -1.36. The number of hydrogen-bond acceptors (Lipinski definition) is 25. The summed E-state index contributed by atoms with van der Waals surface area (Å²) in [5.74, 6) is -0.830. The zero-order chi connectivity index (χ0) is 42.9. The van der Waals surface area contributed by atoms with E-state index in [2.05, 4.69) is 5.32 Å². The molecule has 5 saturated heterocycles. The van der Waals surface area contributed by atoms with E-state index < -0.39 is 186 Å². The molecule has 5 rings (SSSR count). The van der Waals surface area contributed by atoms with E-state index in [4.69, 9.17) is 42.6 Å². The molecule has 0 saturated carbocycles. The van der Waals surface area contributed by atoms with Crippen molar-refractivity contribution in [3.05, 3.63) is 0 Å². The van der Waals surface area contributed by atoms with Gasteiger partial charge in [-0.05, 0) is 6.92 Å². The second-order valence-corrected chi connectivity index (χ2v) is 14.7. The Morgan fingerprint density at radius 2 is 0.897 bits per heavy atom. The normalized spacial score (nSPS) is 51.6. The fourth-order valence-electron chi connectivity index (χ4n) is 7.37. The highest BCUT2D eigenvalue weighted by molar-refractivity contribution is 5.73. The van der Waals surface area contributed by atoms with E-state index in [1.165, 1.54) is 6.92 Å². The van der Waals surface area contributed by atoms with Crippen LogP contribution in [-0.2, 0) is 47.4 Å². The van der Waals surface area contributed by atoms with Gasteiger partial charge in [0.25, 0.3) is 0 Å². The van der Waals surface area contributed by atoms with E-state index in [1.807, 2.05) is 0 Å². The first-order valence-electron chi connectivity index (χ1n) is 18.5. The smallest absolute Gasteiger partial charge is 0.217 e. The molecule has 0 spiro atoms. The summed E-state index contributed by atoms with van der Waals surface area (Å²) in [6.07, 6.45) is -43.6. The molecule has 16 N–H and O–H groups in total. The third-order valence-electron chi connectivity index (χ3n) is 10.7. The third kappa shape index (κ3) is 9.75. The molecule has 0 radical (unpaired) electrons. The molecule has 0 aromatic carbocycles. The van der Waals surface area contributed by atoms with E-state index >= 15 is 0 Å². The average molecular weight is 854 g/mol. The molecule has 5 aliphatic rings. The lowest BCUT2D eigenvalue weighted by Crippen LogP contribution is -2.71. The van der Waals surface area contributed by atoms with Crippen molar-refractivity contribution in [2.45, 2.75) is 167 Å². The van der Waals surface area contributed by atoms with Gasteiger partial charge in [-0.3, -0.25) is 4.79 Å². The van der Waals surface area contributed by atoms with E-state index in [1.54, 1.807) is 0 Å². The number of carbonyl (C=O) groups excluding carboxylic acids is 1. The standard InChI is InChI=1S/C32H55NO25/c1-7-14(39)17(42)21(46)30(50-7)57-26-13(33-8(2)38)29(54-12(6-37)25(26)56-31-22(47)18(43)15(40)9(3-34)52-31)58-27-16(41)10(4-35)53-32(23(27)48)55-24-11(5-36)51-28(49)20(45)19(24)44/h7,9-32,34-37,39-49H,3-6H2,1-2H3,(H,33,38)/t7-,9+,10+,11+,12+,13+,14+,15-,16-,17+,18-,19+,20+,21-,22+,23+,24+,25+,26+,27-,28?,29-,30-,31-,32-/m0/s1. The molecule has 0 aromatic heterocycles. The Bertz CT molecular complexity index is 1300. The molecule has 25 atom stereocenters. The van der Waals surface area contributed by atoms with Gasteiger partial charge < -0.3 is 125 Å². The van der Waals surface area contributed by atoms with Gasteiger partial charge >= 0.3 is 0 Å². The van der Waals surface area contributed by atoms with Gasteiger partial charge in [0.1, 0.15) is 116 Å². The van der Waals surface area contributed by atoms with Gasteiger partial charge in [0.15, 0.2) is 31.5 Å². The molecule has 5 fully saturated rings. The lowest BCUT2D eigenvalue weighted by atomic mass is 9.93. The molecule has 1 amide bonds. The summed E-state index contributed by atoms with van der Waals surface area (Å²) in [4.78, 5) is 12.8. The lowest BCUT2D eigenvalue weighted by Gasteiger charge is -2.51. The summed E-state index contributed by atoms with van der Waals surface area (Å²) >= 11 is 0. The van der Waals surface area contributed by atoms with Crippen LogP contribution in [-0.4, -0.2) is 262 Å². The molecule has 26 heteroatoms. The van der Waals surface area contributed by atoms with Crippen LogP contribution in [0.25, 0.3) is 0 Å². The molecule has 5 heterocycles. The number of carbonyl (C=O) groups is 1. The van der Waals surface area contributed by atoms with Crippen LogP contribution in [0.3, 0.4) is 0 Å². The Morgan fingerprint density at radius 1 is 0.448 bits per heavy atom. The fraction of sp³-hybridized carbons (Fsp3) is 0.969. The molecule has 0 aromatic rings. The van der Waals surface area contributed by atoms with Crippen molar-refractivity contribution in [3.63, 3.8) is 0 Å². The van der Waals surface area contributed by atoms with Gasteiger partial charge in [-0.1, -0.05) is 0 Å². The lowest BCUT2D eigenvalue weighted by molar-refractivity contribution is -0.391. The van der Waals surface area contributed by atoms with Crippen molar-refractivity contribution in [1.29, 1.82) is 0 Å². The predicted molar refractivity (Wildman–Crippen MR) is 177 cm³/mol. The number of rotatable bonds is 13. The summed E-state index contributed by atoms with van der Waals surface area (Å²) in [7, 11) is 0. The van der Waals surface area contributed by atoms with Crippen LogP contribution in [0.4, 0.5) is 0 Å². The Morgan fingerprint density at radius 3 is 1.47 bits per heavy atom. The van der Waals surface area contributed by atoms with E-state index in [0.717, 1.165) is 6.92 Å². The molecule has 5 aliphatic heterocycles. The molecule has 1 unspecified atom stereocenters. The third-order valence-corrected chi connectivity index (χ3v) is 10.7. The van der Waals surface area contributed by atoms with Crippen molar-refractivity contribution in [2.24, 2.45) is 0 Å². The predicted octanol–water partition coefficient (Wildman–Crippen LogP) is -10.8. The maximum Gasteiger partial charge on any atom is 0.217 e. The molecule has 338 valence electrons. The summed E-state index contributed by atoms with van der Waals surface area (Å²) in [5, 5.41) is 159. The number of amides is 1. The van der Waals surface area contributed by atoms with Gasteiger partial charge in [-0.2, -0.15) is 0 Å². The molecular weight excluding hydrogens is 798 g/mol. The monoisotopic (exact) mass is 853 g/mol.